The smallest absolute Gasteiger partial charge is 0.416 e. The molecule has 4 N–H and O–H groups in total. The highest BCUT2D eigenvalue weighted by Gasteiger charge is 2.30. The zero-order valence-electron chi connectivity index (χ0n) is 19.0. The first-order chi connectivity index (χ1) is 17.5. The van der Waals surface area contributed by atoms with Crippen molar-refractivity contribution in [1.29, 1.82) is 0 Å². The van der Waals surface area contributed by atoms with Crippen molar-refractivity contribution in [3.63, 3.8) is 0 Å². The number of nitrogens with one attached hydrogen (secondary N) is 3. The molecule has 2 amide bonds. The van der Waals surface area contributed by atoms with Gasteiger partial charge in [0.15, 0.2) is 0 Å². The number of alkyl halides is 3. The van der Waals surface area contributed by atoms with Gasteiger partial charge >= 0.3 is 12.2 Å². The Hall–Kier alpha value is -4.51. The number of benzene rings is 4. The number of urea groups is 1. The molecule has 0 atom stereocenters. The quantitative estimate of drug-likeness (QED) is 0.229. The molecule has 0 radical (unpaired) electrons. The average Bonchev–Trinajstić information content (AvgIpc) is 2.84. The van der Waals surface area contributed by atoms with E-state index in [4.69, 9.17) is 0 Å². The predicted molar refractivity (Wildman–Crippen MR) is 135 cm³/mol. The van der Waals surface area contributed by atoms with E-state index in [1.807, 2.05) is 0 Å². The lowest BCUT2D eigenvalue weighted by molar-refractivity contribution is -0.137. The van der Waals surface area contributed by atoms with Gasteiger partial charge in [0, 0.05) is 16.9 Å². The first kappa shape index (κ1) is 25.6. The van der Waals surface area contributed by atoms with Crippen LogP contribution in [-0.2, 0) is 16.2 Å². The number of halogens is 3. The average molecular weight is 528 g/mol. The maximum Gasteiger partial charge on any atom is 0.416 e. The van der Waals surface area contributed by atoms with Crippen molar-refractivity contribution in [2.75, 3.05) is 15.4 Å². The van der Waals surface area contributed by atoms with E-state index in [0.29, 0.717) is 16.8 Å². The van der Waals surface area contributed by atoms with Crippen molar-refractivity contribution in [2.24, 2.45) is 0 Å². The lowest BCUT2D eigenvalue weighted by Gasteiger charge is -2.16. The van der Waals surface area contributed by atoms with E-state index < -0.39 is 27.8 Å². The number of sulfonamides is 1. The summed E-state index contributed by atoms with van der Waals surface area (Å²) in [7, 11) is -4.06. The highest BCUT2D eigenvalue weighted by atomic mass is 32.2. The van der Waals surface area contributed by atoms with E-state index in [0.717, 1.165) is 18.2 Å². The van der Waals surface area contributed by atoms with Crippen molar-refractivity contribution in [3.05, 3.63) is 103 Å². The monoisotopic (exact) mass is 527 g/mol. The number of anilines is 3. The number of carbonyl (C=O) groups excluding carboxylic acids is 1. The van der Waals surface area contributed by atoms with Gasteiger partial charge in [0.2, 0.25) is 0 Å². The number of phenols is 1. The molecule has 0 fully saturated rings. The molecule has 0 aliphatic heterocycles. The van der Waals surface area contributed by atoms with E-state index in [1.165, 1.54) is 36.4 Å². The zero-order valence-corrected chi connectivity index (χ0v) is 19.8. The van der Waals surface area contributed by atoms with E-state index in [9.17, 15) is 31.5 Å². The summed E-state index contributed by atoms with van der Waals surface area (Å²) in [5.41, 5.74) is 0.164. The molecule has 4 aromatic carbocycles. The molecule has 0 saturated heterocycles. The Balaban J connectivity index is 1.67. The second-order valence-electron chi connectivity index (χ2n) is 7.89. The van der Waals surface area contributed by atoms with Crippen LogP contribution in [0.1, 0.15) is 5.56 Å². The van der Waals surface area contributed by atoms with Gasteiger partial charge in [-0.1, -0.05) is 42.5 Å². The molecule has 37 heavy (non-hydrogen) atoms. The minimum absolute atomic E-state index is 0.0472. The maximum absolute atomic E-state index is 13.0. The van der Waals surface area contributed by atoms with Crippen molar-refractivity contribution >= 4 is 33.1 Å². The van der Waals surface area contributed by atoms with Gasteiger partial charge in [0.05, 0.1) is 16.1 Å². The SMILES string of the molecule is O=C(Nc1cccc(C(F)(F)F)c1)Nc1cc(S(=O)(=O)Nc2ccccc2)ccc1-c1cccc(O)c1. The van der Waals surface area contributed by atoms with Gasteiger partial charge < -0.3 is 15.7 Å². The Morgan fingerprint density at radius 1 is 0.757 bits per heavy atom. The van der Waals surface area contributed by atoms with Crippen LogP contribution in [0.3, 0.4) is 0 Å². The van der Waals surface area contributed by atoms with Crippen LogP contribution < -0.4 is 15.4 Å². The molecule has 0 aliphatic rings. The maximum atomic E-state index is 13.0. The van der Waals surface area contributed by atoms with Crippen molar-refractivity contribution in [3.8, 4) is 16.9 Å². The third-order valence-corrected chi connectivity index (χ3v) is 6.56. The molecule has 0 heterocycles. The number of hydrogen-bond donors (Lipinski definition) is 4. The summed E-state index contributed by atoms with van der Waals surface area (Å²) in [4.78, 5) is 12.6. The van der Waals surface area contributed by atoms with Crippen molar-refractivity contribution < 1.29 is 31.5 Å². The summed E-state index contributed by atoms with van der Waals surface area (Å²) in [6, 6.07) is 21.5. The highest BCUT2D eigenvalue weighted by molar-refractivity contribution is 7.92. The van der Waals surface area contributed by atoms with Gasteiger partial charge in [-0.2, -0.15) is 13.2 Å². The number of aromatic hydroxyl groups is 1. The first-order valence-electron chi connectivity index (χ1n) is 10.8. The summed E-state index contributed by atoms with van der Waals surface area (Å²) in [5, 5.41) is 14.7. The van der Waals surface area contributed by atoms with Gasteiger partial charge in [-0.05, 0) is 60.2 Å². The van der Waals surface area contributed by atoms with Gasteiger partial charge in [-0.3, -0.25) is 4.72 Å². The molecule has 11 heteroatoms. The lowest BCUT2D eigenvalue weighted by atomic mass is 10.0. The number of rotatable bonds is 6. The Kier molecular flexibility index (Phi) is 7.07. The van der Waals surface area contributed by atoms with E-state index in [1.54, 1.807) is 42.5 Å². The minimum atomic E-state index is -4.59. The van der Waals surface area contributed by atoms with Crippen molar-refractivity contribution in [2.45, 2.75) is 11.1 Å². The number of phenolic OH excluding ortho intramolecular Hbond substituents is 1. The van der Waals surface area contributed by atoms with E-state index in [-0.39, 0.29) is 22.0 Å². The van der Waals surface area contributed by atoms with Crippen LogP contribution >= 0.6 is 0 Å². The normalized spacial score (nSPS) is 11.5. The Bertz CT molecular complexity index is 1540. The minimum Gasteiger partial charge on any atom is -0.508 e. The zero-order chi connectivity index (χ0) is 26.6. The molecule has 0 bridgehead atoms. The predicted octanol–water partition coefficient (Wildman–Crippen LogP) is 6.52. The standard InChI is InChI=1S/C26H20F3N3O4S/c27-26(28,29)18-7-5-10-20(15-18)30-25(34)31-24-16-22(37(35,36)32-19-8-2-1-3-9-19)12-13-23(24)17-6-4-11-21(33)14-17/h1-16,32-33H,(H2,30,31,34). The summed E-state index contributed by atoms with van der Waals surface area (Å²) >= 11 is 0. The highest BCUT2D eigenvalue weighted by Crippen LogP contribution is 2.34. The van der Waals surface area contributed by atoms with Crippen LogP contribution in [0.4, 0.5) is 35.0 Å². The third-order valence-electron chi connectivity index (χ3n) is 5.18. The Morgan fingerprint density at radius 3 is 2.16 bits per heavy atom. The number of hydrogen-bond acceptors (Lipinski definition) is 4. The van der Waals surface area contributed by atoms with Crippen LogP contribution in [0.15, 0.2) is 102 Å². The Morgan fingerprint density at radius 2 is 1.46 bits per heavy atom. The molecule has 4 aromatic rings. The number of amides is 2. The van der Waals surface area contributed by atoms with Gasteiger partial charge in [0.1, 0.15) is 5.75 Å². The molecule has 4 rings (SSSR count). The van der Waals surface area contributed by atoms with Crippen LogP contribution in [0.2, 0.25) is 0 Å². The molecule has 0 aliphatic carbocycles. The fraction of sp³-hybridized carbons (Fsp3) is 0.0385. The van der Waals surface area contributed by atoms with Crippen LogP contribution in [0, 0.1) is 0 Å². The van der Waals surface area contributed by atoms with Gasteiger partial charge in [0.25, 0.3) is 10.0 Å². The van der Waals surface area contributed by atoms with Gasteiger partial charge in [-0.15, -0.1) is 0 Å². The fourth-order valence-electron chi connectivity index (χ4n) is 3.50. The lowest BCUT2D eigenvalue weighted by Crippen LogP contribution is -2.21. The second kappa shape index (κ2) is 10.2. The molecule has 0 spiro atoms. The fourth-order valence-corrected chi connectivity index (χ4v) is 4.58. The summed E-state index contributed by atoms with van der Waals surface area (Å²) in [5.74, 6) is -0.0562. The van der Waals surface area contributed by atoms with Crippen LogP contribution in [-0.4, -0.2) is 19.6 Å². The summed E-state index contributed by atoms with van der Waals surface area (Å²) in [6.07, 6.45) is -4.59. The molecule has 190 valence electrons. The summed E-state index contributed by atoms with van der Waals surface area (Å²) in [6.45, 7) is 0. The molecular weight excluding hydrogens is 507 g/mol. The van der Waals surface area contributed by atoms with E-state index in [2.05, 4.69) is 15.4 Å². The topological polar surface area (TPSA) is 108 Å². The summed E-state index contributed by atoms with van der Waals surface area (Å²) < 4.78 is 67.5. The molecule has 7 nitrogen and oxygen atoms in total. The molecular formula is C26H20F3N3O4S. The van der Waals surface area contributed by atoms with Gasteiger partial charge in [-0.25, -0.2) is 13.2 Å². The second-order valence-corrected chi connectivity index (χ2v) is 9.57. The number of carbonyl (C=O) groups is 1. The molecule has 0 saturated carbocycles. The molecule has 0 aromatic heterocycles. The van der Waals surface area contributed by atoms with Crippen molar-refractivity contribution in [1.82, 2.24) is 0 Å². The Labute approximate surface area is 210 Å². The van der Waals surface area contributed by atoms with E-state index >= 15 is 0 Å². The molecule has 0 unspecified atom stereocenters. The third kappa shape index (κ3) is 6.39. The first-order valence-corrected chi connectivity index (χ1v) is 12.3. The van der Waals surface area contributed by atoms with Crippen LogP contribution in [0.25, 0.3) is 11.1 Å². The van der Waals surface area contributed by atoms with Crippen LogP contribution in [0.5, 0.6) is 5.75 Å². The number of para-hydroxylation sites is 1. The largest absolute Gasteiger partial charge is 0.508 e.